The Balaban J connectivity index is 2.69. The SMILES string of the molecule is Cc1[nH]c(=O)nc(SCC(=O)NCC(F)(F)F)c1C#N. The molecule has 1 aromatic heterocycles. The number of hydrogen-bond donors (Lipinski definition) is 2. The summed E-state index contributed by atoms with van der Waals surface area (Å²) in [6, 6.07) is 1.81. The Bertz CT molecular complexity index is 606. The Morgan fingerprint density at radius 2 is 2.20 bits per heavy atom. The molecule has 20 heavy (non-hydrogen) atoms. The van der Waals surface area contributed by atoms with Gasteiger partial charge in [-0.3, -0.25) is 4.79 Å². The van der Waals surface area contributed by atoms with Crippen LogP contribution in [-0.2, 0) is 4.79 Å². The summed E-state index contributed by atoms with van der Waals surface area (Å²) in [4.78, 5) is 28.2. The van der Waals surface area contributed by atoms with E-state index in [4.69, 9.17) is 5.26 Å². The highest BCUT2D eigenvalue weighted by Crippen LogP contribution is 2.19. The summed E-state index contributed by atoms with van der Waals surface area (Å²) < 4.78 is 35.6. The monoisotopic (exact) mass is 306 g/mol. The third-order valence-electron chi connectivity index (χ3n) is 2.02. The van der Waals surface area contributed by atoms with Crippen molar-refractivity contribution in [1.82, 2.24) is 15.3 Å². The first-order valence-electron chi connectivity index (χ1n) is 5.20. The lowest BCUT2D eigenvalue weighted by atomic mass is 10.3. The molecule has 2 N–H and O–H groups in total. The van der Waals surface area contributed by atoms with Crippen molar-refractivity contribution in [2.45, 2.75) is 18.1 Å². The average Bonchev–Trinajstić information content (AvgIpc) is 2.32. The van der Waals surface area contributed by atoms with Crippen LogP contribution in [0.1, 0.15) is 11.3 Å². The van der Waals surface area contributed by atoms with Gasteiger partial charge >= 0.3 is 11.9 Å². The molecule has 0 aliphatic heterocycles. The molecule has 0 aliphatic carbocycles. The highest BCUT2D eigenvalue weighted by atomic mass is 32.2. The first kappa shape index (κ1) is 16.0. The van der Waals surface area contributed by atoms with E-state index in [0.717, 1.165) is 11.8 Å². The lowest BCUT2D eigenvalue weighted by Crippen LogP contribution is -2.34. The minimum absolute atomic E-state index is 0.0101. The third kappa shape index (κ3) is 4.93. The molecule has 0 spiro atoms. The lowest BCUT2D eigenvalue weighted by Gasteiger charge is -2.08. The first-order chi connectivity index (χ1) is 9.23. The van der Waals surface area contributed by atoms with Gasteiger partial charge in [0.1, 0.15) is 23.2 Å². The van der Waals surface area contributed by atoms with Crippen LogP contribution in [0.3, 0.4) is 0 Å². The molecular formula is C10H9F3N4O2S. The Hall–Kier alpha value is -2.02. The highest BCUT2D eigenvalue weighted by molar-refractivity contribution is 8.00. The number of carbonyl (C=O) groups excluding carboxylic acids is 1. The van der Waals surface area contributed by atoms with Crippen LogP contribution in [0.25, 0.3) is 0 Å². The standard InChI is InChI=1S/C10H9F3N4O2S/c1-5-6(2-14)8(17-9(19)16-5)20-3-7(18)15-4-10(11,12)13/h3-4H2,1H3,(H,15,18)(H,16,17,19). The molecule has 0 fully saturated rings. The molecule has 6 nitrogen and oxygen atoms in total. The second-order valence-electron chi connectivity index (χ2n) is 3.64. The molecule has 0 saturated carbocycles. The zero-order valence-electron chi connectivity index (χ0n) is 10.2. The van der Waals surface area contributed by atoms with Gasteiger partial charge in [-0.15, -0.1) is 0 Å². The molecule has 1 aromatic rings. The van der Waals surface area contributed by atoms with E-state index >= 15 is 0 Å². The summed E-state index contributed by atoms with van der Waals surface area (Å²) in [5, 5.41) is 10.6. The van der Waals surface area contributed by atoms with Gasteiger partial charge in [0.2, 0.25) is 5.91 Å². The van der Waals surface area contributed by atoms with Crippen molar-refractivity contribution in [2.24, 2.45) is 0 Å². The number of carbonyl (C=O) groups is 1. The second-order valence-corrected chi connectivity index (χ2v) is 4.60. The number of aromatic amines is 1. The number of thioether (sulfide) groups is 1. The summed E-state index contributed by atoms with van der Waals surface area (Å²) in [5.74, 6) is -1.24. The van der Waals surface area contributed by atoms with Gasteiger partial charge in [-0.1, -0.05) is 11.8 Å². The summed E-state index contributed by atoms with van der Waals surface area (Å²) in [5.41, 5.74) is -0.330. The molecule has 1 amide bonds. The van der Waals surface area contributed by atoms with Crippen LogP contribution in [0, 0.1) is 18.3 Å². The maximum atomic E-state index is 11.9. The second kappa shape index (κ2) is 6.42. The number of amides is 1. The van der Waals surface area contributed by atoms with Gasteiger partial charge in [-0.25, -0.2) is 4.79 Å². The minimum atomic E-state index is -4.49. The van der Waals surface area contributed by atoms with E-state index in [1.807, 2.05) is 0 Å². The number of nitrogens with one attached hydrogen (secondary N) is 2. The van der Waals surface area contributed by atoms with Crippen molar-refractivity contribution in [3.63, 3.8) is 0 Å². The van der Waals surface area contributed by atoms with E-state index in [1.165, 1.54) is 6.92 Å². The van der Waals surface area contributed by atoms with Crippen LogP contribution < -0.4 is 11.0 Å². The molecule has 0 unspecified atom stereocenters. The maximum absolute atomic E-state index is 11.9. The molecule has 0 bridgehead atoms. The highest BCUT2D eigenvalue weighted by Gasteiger charge is 2.27. The van der Waals surface area contributed by atoms with Gasteiger partial charge in [0.05, 0.1) is 5.75 Å². The average molecular weight is 306 g/mol. The van der Waals surface area contributed by atoms with Gasteiger partial charge in [-0.2, -0.15) is 23.4 Å². The largest absolute Gasteiger partial charge is 0.405 e. The Labute approximate surface area is 115 Å². The Morgan fingerprint density at radius 1 is 1.55 bits per heavy atom. The van der Waals surface area contributed by atoms with Gasteiger partial charge < -0.3 is 10.3 Å². The summed E-state index contributed by atoms with van der Waals surface area (Å²) in [7, 11) is 0. The quantitative estimate of drug-likeness (QED) is 0.631. The molecule has 0 atom stereocenters. The molecule has 1 heterocycles. The molecule has 1 rings (SSSR count). The number of aromatic nitrogens is 2. The molecular weight excluding hydrogens is 297 g/mol. The van der Waals surface area contributed by atoms with Gasteiger partial charge in [0.25, 0.3) is 0 Å². The summed E-state index contributed by atoms with van der Waals surface area (Å²) >= 11 is 0.726. The summed E-state index contributed by atoms with van der Waals surface area (Å²) in [6.07, 6.45) is -4.49. The number of H-pyrrole nitrogens is 1. The number of hydrogen-bond acceptors (Lipinski definition) is 5. The van der Waals surface area contributed by atoms with Gasteiger partial charge in [0.15, 0.2) is 0 Å². The lowest BCUT2D eigenvalue weighted by molar-refractivity contribution is -0.136. The molecule has 0 aromatic carbocycles. The van der Waals surface area contributed by atoms with Crippen molar-refractivity contribution < 1.29 is 18.0 Å². The maximum Gasteiger partial charge on any atom is 0.405 e. The number of rotatable bonds is 4. The number of alkyl halides is 3. The number of aryl methyl sites for hydroxylation is 1. The van der Waals surface area contributed by atoms with Gasteiger partial charge in [-0.05, 0) is 6.92 Å². The molecule has 0 saturated heterocycles. The first-order valence-corrected chi connectivity index (χ1v) is 6.19. The fraction of sp³-hybridized carbons (Fsp3) is 0.400. The third-order valence-corrected chi connectivity index (χ3v) is 3.00. The van der Waals surface area contributed by atoms with Gasteiger partial charge in [0, 0.05) is 5.69 Å². The molecule has 0 radical (unpaired) electrons. The van der Waals surface area contributed by atoms with Crippen molar-refractivity contribution in [3.8, 4) is 6.07 Å². The minimum Gasteiger partial charge on any atom is -0.346 e. The normalized spacial score (nSPS) is 10.9. The van der Waals surface area contributed by atoms with Crippen molar-refractivity contribution in [2.75, 3.05) is 12.3 Å². The van der Waals surface area contributed by atoms with Crippen molar-refractivity contribution >= 4 is 17.7 Å². The smallest absolute Gasteiger partial charge is 0.346 e. The van der Waals surface area contributed by atoms with Crippen LogP contribution in [0.5, 0.6) is 0 Å². The van der Waals surface area contributed by atoms with Crippen molar-refractivity contribution in [1.29, 1.82) is 5.26 Å². The van der Waals surface area contributed by atoms with E-state index in [0.29, 0.717) is 0 Å². The number of nitriles is 1. The zero-order valence-corrected chi connectivity index (χ0v) is 11.0. The number of nitrogens with zero attached hydrogens (tertiary/aromatic N) is 2. The number of halogens is 3. The topological polar surface area (TPSA) is 98.6 Å². The predicted octanol–water partition coefficient (Wildman–Crippen LogP) is 0.721. The predicted molar refractivity (Wildman–Crippen MR) is 64.1 cm³/mol. The van der Waals surface area contributed by atoms with Crippen LogP contribution >= 0.6 is 11.8 Å². The Kier molecular flexibility index (Phi) is 5.15. The van der Waals surface area contributed by atoms with Crippen molar-refractivity contribution in [3.05, 3.63) is 21.7 Å². The van der Waals surface area contributed by atoms with Crippen LogP contribution in [-0.4, -0.2) is 34.3 Å². The van der Waals surface area contributed by atoms with E-state index < -0.39 is 24.3 Å². The molecule has 0 aliphatic rings. The fourth-order valence-corrected chi connectivity index (χ4v) is 2.04. The summed E-state index contributed by atoms with van der Waals surface area (Å²) in [6.45, 7) is 0.0503. The van der Waals surface area contributed by atoms with E-state index in [1.54, 1.807) is 11.4 Å². The van der Waals surface area contributed by atoms with Crippen LogP contribution in [0.4, 0.5) is 13.2 Å². The van der Waals surface area contributed by atoms with E-state index in [2.05, 4.69) is 9.97 Å². The van der Waals surface area contributed by atoms with Crippen LogP contribution in [0.15, 0.2) is 9.82 Å². The van der Waals surface area contributed by atoms with E-state index in [9.17, 15) is 22.8 Å². The fourth-order valence-electron chi connectivity index (χ4n) is 1.18. The molecule has 108 valence electrons. The van der Waals surface area contributed by atoms with Crippen LogP contribution in [0.2, 0.25) is 0 Å². The molecule has 10 heteroatoms. The zero-order chi connectivity index (χ0) is 15.3. The Morgan fingerprint density at radius 3 is 2.75 bits per heavy atom. The van der Waals surface area contributed by atoms with E-state index in [-0.39, 0.29) is 22.0 Å².